The van der Waals surface area contributed by atoms with Crippen molar-refractivity contribution in [2.75, 3.05) is 6.54 Å². The van der Waals surface area contributed by atoms with Gasteiger partial charge in [-0.25, -0.2) is 4.98 Å². The smallest absolute Gasteiger partial charge is 0.0926 e. The van der Waals surface area contributed by atoms with E-state index in [1.165, 1.54) is 28.1 Å². The van der Waals surface area contributed by atoms with Crippen molar-refractivity contribution in [2.45, 2.75) is 45.6 Å². The maximum Gasteiger partial charge on any atom is 0.0926 e. The van der Waals surface area contributed by atoms with E-state index < -0.39 is 0 Å². The van der Waals surface area contributed by atoms with Crippen LogP contribution in [-0.4, -0.2) is 16.5 Å². The number of nitrogens with one attached hydrogen (secondary N) is 2. The van der Waals surface area contributed by atoms with E-state index in [9.17, 15) is 0 Å². The first-order valence-corrected chi connectivity index (χ1v) is 7.42. The summed E-state index contributed by atoms with van der Waals surface area (Å²) in [6, 6.07) is 6.72. The molecule has 1 aromatic carbocycles. The van der Waals surface area contributed by atoms with Gasteiger partial charge in [-0.1, -0.05) is 23.8 Å². The summed E-state index contributed by atoms with van der Waals surface area (Å²) in [6.45, 7) is 7.66. The van der Waals surface area contributed by atoms with E-state index >= 15 is 0 Å². The summed E-state index contributed by atoms with van der Waals surface area (Å²) in [5, 5.41) is 3.66. The Morgan fingerprint density at radius 2 is 2.15 bits per heavy atom. The van der Waals surface area contributed by atoms with Gasteiger partial charge in [0.15, 0.2) is 0 Å². The van der Waals surface area contributed by atoms with Gasteiger partial charge in [0.1, 0.15) is 0 Å². The molecule has 0 fully saturated rings. The Morgan fingerprint density at radius 3 is 3.00 bits per heavy atom. The predicted octanol–water partition coefficient (Wildman–Crippen LogP) is 3.02. The van der Waals surface area contributed by atoms with Gasteiger partial charge in [0.05, 0.1) is 17.6 Å². The lowest BCUT2D eigenvalue weighted by Crippen LogP contribution is -2.45. The number of aromatic nitrogens is 2. The third-order valence-corrected chi connectivity index (χ3v) is 4.53. The van der Waals surface area contributed by atoms with E-state index in [1.54, 1.807) is 0 Å². The van der Waals surface area contributed by atoms with Gasteiger partial charge in [0.2, 0.25) is 0 Å². The van der Waals surface area contributed by atoms with E-state index in [-0.39, 0.29) is 5.54 Å². The molecule has 1 atom stereocenters. The van der Waals surface area contributed by atoms with Gasteiger partial charge in [0, 0.05) is 18.7 Å². The monoisotopic (exact) mass is 269 g/mol. The predicted molar refractivity (Wildman–Crippen MR) is 81.9 cm³/mol. The van der Waals surface area contributed by atoms with E-state index in [4.69, 9.17) is 0 Å². The molecule has 0 spiro atoms. The largest absolute Gasteiger partial charge is 0.348 e. The molecule has 1 aromatic heterocycles. The molecule has 3 heteroatoms. The number of benzene rings is 1. The molecule has 0 saturated carbocycles. The zero-order valence-electron chi connectivity index (χ0n) is 12.6. The Morgan fingerprint density at radius 1 is 1.30 bits per heavy atom. The number of aryl methyl sites for hydroxylation is 3. The molecule has 1 aliphatic heterocycles. The van der Waals surface area contributed by atoms with Crippen molar-refractivity contribution in [2.24, 2.45) is 0 Å². The molecule has 1 aliphatic rings. The van der Waals surface area contributed by atoms with Crippen LogP contribution in [0.3, 0.4) is 0 Å². The second-order valence-electron chi connectivity index (χ2n) is 6.17. The molecule has 106 valence electrons. The van der Waals surface area contributed by atoms with Crippen LogP contribution in [0.4, 0.5) is 0 Å². The maximum atomic E-state index is 4.54. The molecule has 0 bridgehead atoms. The van der Waals surface area contributed by atoms with Crippen LogP contribution in [0, 0.1) is 13.8 Å². The lowest BCUT2D eigenvalue weighted by Gasteiger charge is -2.34. The molecule has 20 heavy (non-hydrogen) atoms. The summed E-state index contributed by atoms with van der Waals surface area (Å²) in [5.74, 6) is 0. The molecule has 2 N–H and O–H groups in total. The van der Waals surface area contributed by atoms with Crippen LogP contribution in [0.15, 0.2) is 24.5 Å². The van der Waals surface area contributed by atoms with Gasteiger partial charge in [-0.15, -0.1) is 0 Å². The first-order chi connectivity index (χ1) is 9.58. The standard InChI is InChI=1S/C17H23N3/c1-12-4-5-13(2)14(10-12)6-8-17(3)16-15(7-9-20-17)18-11-19-16/h4-5,10-11,20H,6-9H2,1-3H3,(H,18,19). The number of rotatable bonds is 3. The lowest BCUT2D eigenvalue weighted by atomic mass is 9.85. The van der Waals surface area contributed by atoms with Gasteiger partial charge in [-0.05, 0) is 44.7 Å². The number of imidazole rings is 1. The summed E-state index contributed by atoms with van der Waals surface area (Å²) in [7, 11) is 0. The van der Waals surface area contributed by atoms with Crippen LogP contribution in [0.1, 0.15) is 41.4 Å². The Labute approximate surface area is 120 Å². The Balaban J connectivity index is 1.80. The molecular formula is C17H23N3. The highest BCUT2D eigenvalue weighted by Gasteiger charge is 2.33. The van der Waals surface area contributed by atoms with Gasteiger partial charge in [-0.2, -0.15) is 0 Å². The van der Waals surface area contributed by atoms with E-state index in [1.807, 2.05) is 6.33 Å². The third-order valence-electron chi connectivity index (χ3n) is 4.53. The van der Waals surface area contributed by atoms with Gasteiger partial charge in [0.25, 0.3) is 0 Å². The number of H-pyrrole nitrogens is 1. The van der Waals surface area contributed by atoms with Gasteiger partial charge in [-0.3, -0.25) is 0 Å². The second kappa shape index (κ2) is 5.06. The molecule has 3 nitrogen and oxygen atoms in total. The quantitative estimate of drug-likeness (QED) is 0.899. The first-order valence-electron chi connectivity index (χ1n) is 7.42. The van der Waals surface area contributed by atoms with E-state index in [0.29, 0.717) is 0 Å². The topological polar surface area (TPSA) is 40.7 Å². The number of hydrogen-bond acceptors (Lipinski definition) is 2. The number of fused-ring (bicyclic) bond motifs is 1. The molecule has 0 amide bonds. The first kappa shape index (κ1) is 13.4. The molecule has 2 heterocycles. The van der Waals surface area contributed by atoms with Crippen LogP contribution in [-0.2, 0) is 18.4 Å². The minimum atomic E-state index is -0.0101. The molecule has 2 aromatic rings. The summed E-state index contributed by atoms with van der Waals surface area (Å²) in [6.07, 6.45) is 5.04. The summed E-state index contributed by atoms with van der Waals surface area (Å²) in [5.41, 5.74) is 6.67. The van der Waals surface area contributed by atoms with Gasteiger partial charge >= 0.3 is 0 Å². The molecule has 1 unspecified atom stereocenters. The van der Waals surface area contributed by atoms with E-state index in [2.05, 4.69) is 54.3 Å². The fraction of sp³-hybridized carbons (Fsp3) is 0.471. The summed E-state index contributed by atoms with van der Waals surface area (Å²) < 4.78 is 0. The zero-order valence-corrected chi connectivity index (χ0v) is 12.6. The van der Waals surface area contributed by atoms with Crippen molar-refractivity contribution in [1.82, 2.24) is 15.3 Å². The average Bonchev–Trinajstić information content (AvgIpc) is 2.90. The minimum Gasteiger partial charge on any atom is -0.348 e. The fourth-order valence-electron chi connectivity index (χ4n) is 3.20. The highest BCUT2D eigenvalue weighted by molar-refractivity contribution is 5.32. The number of nitrogens with zero attached hydrogens (tertiary/aromatic N) is 1. The van der Waals surface area contributed by atoms with Gasteiger partial charge < -0.3 is 10.3 Å². The van der Waals surface area contributed by atoms with Crippen molar-refractivity contribution < 1.29 is 0 Å². The highest BCUT2D eigenvalue weighted by Crippen LogP contribution is 2.30. The van der Waals surface area contributed by atoms with Crippen molar-refractivity contribution in [3.8, 4) is 0 Å². The molecule has 3 rings (SSSR count). The molecule has 0 saturated heterocycles. The van der Waals surface area contributed by atoms with Crippen LogP contribution >= 0.6 is 0 Å². The zero-order chi connectivity index (χ0) is 14.2. The Kier molecular flexibility index (Phi) is 3.38. The fourth-order valence-corrected chi connectivity index (χ4v) is 3.20. The van der Waals surface area contributed by atoms with Crippen LogP contribution in [0.25, 0.3) is 0 Å². The van der Waals surface area contributed by atoms with Crippen molar-refractivity contribution in [1.29, 1.82) is 0 Å². The summed E-state index contributed by atoms with van der Waals surface area (Å²) in [4.78, 5) is 7.82. The summed E-state index contributed by atoms with van der Waals surface area (Å²) >= 11 is 0. The average molecular weight is 269 g/mol. The van der Waals surface area contributed by atoms with E-state index in [0.717, 1.165) is 25.8 Å². The van der Waals surface area contributed by atoms with Crippen molar-refractivity contribution in [3.05, 3.63) is 52.6 Å². The highest BCUT2D eigenvalue weighted by atomic mass is 15.1. The number of hydrogen-bond donors (Lipinski definition) is 2. The Bertz CT molecular complexity index is 614. The van der Waals surface area contributed by atoms with Crippen LogP contribution in [0.5, 0.6) is 0 Å². The SMILES string of the molecule is Cc1ccc(C)c(CCC2(C)NCCc3[nH]cnc32)c1. The maximum absolute atomic E-state index is 4.54. The molecule has 0 radical (unpaired) electrons. The minimum absolute atomic E-state index is 0.0101. The molecule has 0 aliphatic carbocycles. The lowest BCUT2D eigenvalue weighted by molar-refractivity contribution is 0.314. The van der Waals surface area contributed by atoms with Crippen LogP contribution in [0.2, 0.25) is 0 Å². The second-order valence-corrected chi connectivity index (χ2v) is 6.17. The Hall–Kier alpha value is -1.61. The van der Waals surface area contributed by atoms with Crippen molar-refractivity contribution in [3.63, 3.8) is 0 Å². The molecular weight excluding hydrogens is 246 g/mol. The number of aromatic amines is 1. The third kappa shape index (κ3) is 2.38. The van der Waals surface area contributed by atoms with Crippen molar-refractivity contribution >= 4 is 0 Å². The van der Waals surface area contributed by atoms with Crippen LogP contribution < -0.4 is 5.32 Å². The normalized spacial score (nSPS) is 21.8.